The zero-order valence-electron chi connectivity index (χ0n) is 5.93. The molecule has 0 heterocycles. The number of halogens is 1. The van der Waals surface area contributed by atoms with E-state index >= 15 is 0 Å². The highest BCUT2D eigenvalue weighted by Gasteiger charge is 2.03. The molecule has 11 heavy (non-hydrogen) atoms. The number of benzene rings is 1. The highest BCUT2D eigenvalue weighted by molar-refractivity contribution is 14.1. The summed E-state index contributed by atoms with van der Waals surface area (Å²) in [6.07, 6.45) is 0. The van der Waals surface area contributed by atoms with Crippen LogP contribution < -0.4 is 0 Å². The molecule has 0 saturated heterocycles. The molecule has 0 N–H and O–H groups in total. The Morgan fingerprint density at radius 2 is 2.18 bits per heavy atom. The van der Waals surface area contributed by atoms with E-state index in [0.717, 1.165) is 19.6 Å². The number of nitriles is 1. The summed E-state index contributed by atoms with van der Waals surface area (Å²) in [7, 11) is 0. The van der Waals surface area contributed by atoms with Crippen LogP contribution in [0.4, 0.5) is 0 Å². The third-order valence-electron chi connectivity index (χ3n) is 1.49. The van der Waals surface area contributed by atoms with Gasteiger partial charge in [0.05, 0.1) is 11.6 Å². The van der Waals surface area contributed by atoms with Crippen molar-refractivity contribution in [2.24, 2.45) is 0 Å². The molecule has 0 fully saturated rings. The van der Waals surface area contributed by atoms with Crippen LogP contribution in [0.5, 0.6) is 0 Å². The molecule has 0 atom stereocenters. The van der Waals surface area contributed by atoms with Gasteiger partial charge in [-0.2, -0.15) is 5.26 Å². The molecule has 0 aliphatic carbocycles. The van der Waals surface area contributed by atoms with E-state index in [9.17, 15) is 0 Å². The summed E-state index contributed by atoms with van der Waals surface area (Å²) >= 11 is 6.43. The quantitative estimate of drug-likeness (QED) is 0.571. The Morgan fingerprint density at radius 3 is 2.73 bits per heavy atom. The molecule has 0 unspecified atom stereocenters. The summed E-state index contributed by atoms with van der Waals surface area (Å²) in [4.78, 5) is 0.933. The van der Waals surface area contributed by atoms with Crippen molar-refractivity contribution in [2.45, 2.75) is 11.8 Å². The molecule has 1 aromatic carbocycles. The fourth-order valence-corrected chi connectivity index (χ4v) is 1.50. The Labute approximate surface area is 85.0 Å². The third kappa shape index (κ3) is 1.68. The standard InChI is InChI=1S/C8H6INS/c1-5-6(4-10)2-3-7(11)8(5)9/h2-3,11H,1H3. The first kappa shape index (κ1) is 8.88. The Morgan fingerprint density at radius 1 is 1.55 bits per heavy atom. The monoisotopic (exact) mass is 275 g/mol. The lowest BCUT2D eigenvalue weighted by molar-refractivity contribution is 1.28. The first-order valence-corrected chi connectivity index (χ1v) is 4.57. The number of nitrogens with zero attached hydrogens (tertiary/aromatic N) is 1. The fraction of sp³-hybridized carbons (Fsp3) is 0.125. The molecule has 3 heteroatoms. The number of thiol groups is 1. The molecule has 0 amide bonds. The van der Waals surface area contributed by atoms with Crippen molar-refractivity contribution in [3.8, 4) is 6.07 Å². The van der Waals surface area contributed by atoms with Crippen molar-refractivity contribution in [3.05, 3.63) is 26.8 Å². The van der Waals surface area contributed by atoms with Crippen molar-refractivity contribution < 1.29 is 0 Å². The Bertz CT molecular complexity index is 328. The first-order valence-electron chi connectivity index (χ1n) is 3.05. The van der Waals surface area contributed by atoms with Crippen molar-refractivity contribution in [2.75, 3.05) is 0 Å². The van der Waals surface area contributed by atoms with Gasteiger partial charge >= 0.3 is 0 Å². The summed E-state index contributed by atoms with van der Waals surface area (Å²) in [5.41, 5.74) is 1.74. The molecule has 0 radical (unpaired) electrons. The molecular formula is C8H6INS. The molecule has 0 spiro atoms. The zero-order chi connectivity index (χ0) is 8.43. The number of hydrogen-bond donors (Lipinski definition) is 1. The van der Waals surface area contributed by atoms with Gasteiger partial charge in [0.1, 0.15) is 0 Å². The van der Waals surface area contributed by atoms with Crippen molar-refractivity contribution in [1.82, 2.24) is 0 Å². The zero-order valence-corrected chi connectivity index (χ0v) is 8.98. The van der Waals surface area contributed by atoms with Crippen molar-refractivity contribution in [3.63, 3.8) is 0 Å². The van der Waals surface area contributed by atoms with Gasteiger partial charge in [-0.25, -0.2) is 0 Å². The number of rotatable bonds is 0. The summed E-state index contributed by atoms with van der Waals surface area (Å²) in [6, 6.07) is 5.76. The predicted molar refractivity (Wildman–Crippen MR) is 55.9 cm³/mol. The molecule has 1 aromatic rings. The minimum atomic E-state index is 0.729. The van der Waals surface area contributed by atoms with Crippen LogP contribution in [0.3, 0.4) is 0 Å². The van der Waals surface area contributed by atoms with Crippen LogP contribution in [-0.4, -0.2) is 0 Å². The van der Waals surface area contributed by atoms with E-state index in [1.54, 1.807) is 6.07 Å². The van der Waals surface area contributed by atoms with E-state index in [1.165, 1.54) is 0 Å². The highest BCUT2D eigenvalue weighted by Crippen LogP contribution is 2.22. The third-order valence-corrected chi connectivity index (χ3v) is 3.68. The van der Waals surface area contributed by atoms with E-state index in [2.05, 4.69) is 41.3 Å². The lowest BCUT2D eigenvalue weighted by Crippen LogP contribution is -1.87. The van der Waals surface area contributed by atoms with Crippen LogP contribution in [0.2, 0.25) is 0 Å². The van der Waals surface area contributed by atoms with Gasteiger partial charge in [-0.15, -0.1) is 12.6 Å². The van der Waals surface area contributed by atoms with E-state index in [4.69, 9.17) is 5.26 Å². The van der Waals surface area contributed by atoms with Gasteiger partial charge in [0.25, 0.3) is 0 Å². The van der Waals surface area contributed by atoms with Gasteiger partial charge in [-0.05, 0) is 47.2 Å². The first-order chi connectivity index (χ1) is 5.16. The molecular weight excluding hydrogens is 269 g/mol. The molecule has 56 valence electrons. The summed E-state index contributed by atoms with van der Waals surface area (Å²) in [5, 5.41) is 8.66. The molecule has 0 bridgehead atoms. The number of hydrogen-bond acceptors (Lipinski definition) is 2. The van der Waals surface area contributed by atoms with Crippen LogP contribution in [0.15, 0.2) is 17.0 Å². The molecule has 0 saturated carbocycles. The van der Waals surface area contributed by atoms with Gasteiger partial charge < -0.3 is 0 Å². The second kappa shape index (κ2) is 3.46. The van der Waals surface area contributed by atoms with Gasteiger partial charge in [0.15, 0.2) is 0 Å². The summed E-state index contributed by atoms with van der Waals surface area (Å²) < 4.78 is 1.06. The largest absolute Gasteiger partial charge is 0.192 e. The SMILES string of the molecule is Cc1c(C#N)ccc(S)c1I. The minimum absolute atomic E-state index is 0.729. The molecule has 1 rings (SSSR count). The molecule has 0 aliphatic rings. The maximum Gasteiger partial charge on any atom is 0.0994 e. The molecule has 0 aromatic heterocycles. The maximum absolute atomic E-state index is 8.66. The van der Waals surface area contributed by atoms with Gasteiger partial charge in [-0.1, -0.05) is 0 Å². The van der Waals surface area contributed by atoms with E-state index in [-0.39, 0.29) is 0 Å². The predicted octanol–water partition coefficient (Wildman–Crippen LogP) is 2.76. The van der Waals surface area contributed by atoms with E-state index < -0.39 is 0 Å². The topological polar surface area (TPSA) is 23.8 Å². The Balaban J connectivity index is 3.40. The smallest absolute Gasteiger partial charge is 0.0994 e. The van der Waals surface area contributed by atoms with Crippen LogP contribution in [0, 0.1) is 21.8 Å². The normalized spacial score (nSPS) is 9.27. The van der Waals surface area contributed by atoms with Crippen LogP contribution >= 0.6 is 35.2 Å². The summed E-state index contributed by atoms with van der Waals surface area (Å²) in [6.45, 7) is 1.93. The molecule has 0 aliphatic heterocycles. The minimum Gasteiger partial charge on any atom is -0.192 e. The fourth-order valence-electron chi connectivity index (χ4n) is 0.792. The van der Waals surface area contributed by atoms with Gasteiger partial charge in [0.2, 0.25) is 0 Å². The average molecular weight is 275 g/mol. The van der Waals surface area contributed by atoms with Crippen molar-refractivity contribution >= 4 is 35.2 Å². The van der Waals surface area contributed by atoms with Crippen LogP contribution in [0.25, 0.3) is 0 Å². The Hall–Kier alpha value is -0.210. The lowest BCUT2D eigenvalue weighted by atomic mass is 10.1. The molecule has 1 nitrogen and oxygen atoms in total. The second-order valence-electron chi connectivity index (χ2n) is 2.18. The van der Waals surface area contributed by atoms with Gasteiger partial charge in [-0.3, -0.25) is 0 Å². The highest BCUT2D eigenvalue weighted by atomic mass is 127. The Kier molecular flexibility index (Phi) is 2.79. The van der Waals surface area contributed by atoms with Crippen LogP contribution in [-0.2, 0) is 0 Å². The maximum atomic E-state index is 8.66. The van der Waals surface area contributed by atoms with Crippen molar-refractivity contribution in [1.29, 1.82) is 5.26 Å². The second-order valence-corrected chi connectivity index (χ2v) is 3.74. The summed E-state index contributed by atoms with van der Waals surface area (Å²) in [5.74, 6) is 0. The lowest BCUT2D eigenvalue weighted by Gasteiger charge is -2.02. The van der Waals surface area contributed by atoms with E-state index in [1.807, 2.05) is 13.0 Å². The van der Waals surface area contributed by atoms with E-state index in [0.29, 0.717) is 0 Å². The average Bonchev–Trinajstić information content (AvgIpc) is 2.01. The van der Waals surface area contributed by atoms with Crippen LogP contribution in [0.1, 0.15) is 11.1 Å². The van der Waals surface area contributed by atoms with Gasteiger partial charge in [0, 0.05) is 8.47 Å².